The number of ketones is 1. The highest BCUT2D eigenvalue weighted by Gasteiger charge is 2.41. The van der Waals surface area contributed by atoms with Gasteiger partial charge in [0.05, 0.1) is 12.2 Å². The molecule has 31 heavy (non-hydrogen) atoms. The van der Waals surface area contributed by atoms with Crippen molar-refractivity contribution in [1.82, 2.24) is 5.32 Å². The van der Waals surface area contributed by atoms with Crippen LogP contribution >= 0.6 is 11.3 Å². The molecule has 2 atom stereocenters. The van der Waals surface area contributed by atoms with E-state index in [2.05, 4.69) is 11.4 Å². The number of rotatable bonds is 6. The van der Waals surface area contributed by atoms with Crippen LogP contribution in [0.3, 0.4) is 0 Å². The summed E-state index contributed by atoms with van der Waals surface area (Å²) in [6, 6.07) is 10.8. The number of nitrogens with one attached hydrogen (secondary N) is 1. The molecule has 0 fully saturated rings. The maximum Gasteiger partial charge on any atom is 0.336 e. The first-order chi connectivity index (χ1) is 15.0. The Balaban J connectivity index is 1.76. The first-order valence-electron chi connectivity index (χ1n) is 10.2. The molecule has 2 heterocycles. The molecule has 1 aliphatic heterocycles. The molecule has 162 valence electrons. The molecule has 6 nitrogen and oxygen atoms in total. The number of thiophene rings is 1. The Morgan fingerprint density at radius 1 is 1.23 bits per heavy atom. The Hall–Kier alpha value is -2.90. The number of carbonyl (C=O) groups is 2. The van der Waals surface area contributed by atoms with Gasteiger partial charge >= 0.3 is 5.97 Å². The number of allylic oxidation sites excluding steroid dienone is 3. The lowest BCUT2D eigenvalue weighted by Crippen LogP contribution is -2.36. The number of methoxy groups -OCH3 is 1. The zero-order chi connectivity index (χ0) is 22.0. The minimum atomic E-state index is -0.588. The van der Waals surface area contributed by atoms with Crippen molar-refractivity contribution in [2.45, 2.75) is 31.6 Å². The summed E-state index contributed by atoms with van der Waals surface area (Å²) >= 11 is 1.65. The molecule has 7 heteroatoms. The lowest BCUT2D eigenvalue weighted by Gasteiger charge is -2.36. The summed E-state index contributed by atoms with van der Waals surface area (Å²) in [5.74, 6) is -0.866. The second-order valence-electron chi connectivity index (χ2n) is 7.76. The zero-order valence-corrected chi connectivity index (χ0v) is 18.3. The molecule has 2 aliphatic rings. The topological polar surface area (TPSA) is 84.9 Å². The van der Waals surface area contributed by atoms with Crippen LogP contribution in [0.1, 0.15) is 42.0 Å². The smallest absolute Gasteiger partial charge is 0.336 e. The van der Waals surface area contributed by atoms with E-state index in [0.717, 1.165) is 5.70 Å². The van der Waals surface area contributed by atoms with Gasteiger partial charge in [-0.1, -0.05) is 18.2 Å². The standard InChI is InChI=1S/C24H25NO5S/c1-14-21(24(28)30-9-8-29-2)22(15-5-3-6-17(26)11-15)23-18(25-14)12-16(13-19(23)27)20-7-4-10-31-20/h3-7,10-11,16,22,25-26H,8-9,12-13H2,1-2H3/t16-,22-/m0/s1. The Kier molecular flexibility index (Phi) is 6.25. The van der Waals surface area contributed by atoms with Gasteiger partial charge in [0.25, 0.3) is 0 Å². The Bertz CT molecular complexity index is 1050. The largest absolute Gasteiger partial charge is 0.508 e. The van der Waals surface area contributed by atoms with Crippen molar-refractivity contribution in [2.24, 2.45) is 0 Å². The third-order valence-corrected chi connectivity index (χ3v) is 6.75. The number of Topliss-reactive ketones (excluding diaryl/α,β-unsaturated/α-hetero) is 1. The van der Waals surface area contributed by atoms with Crippen molar-refractivity contribution in [2.75, 3.05) is 20.3 Å². The lowest BCUT2D eigenvalue weighted by atomic mass is 9.72. The number of dihydropyridines is 1. The Labute approximate surface area is 185 Å². The summed E-state index contributed by atoms with van der Waals surface area (Å²) in [4.78, 5) is 27.6. The van der Waals surface area contributed by atoms with Gasteiger partial charge in [-0.3, -0.25) is 4.79 Å². The molecule has 1 aromatic carbocycles. The quantitative estimate of drug-likeness (QED) is 0.523. The predicted molar refractivity (Wildman–Crippen MR) is 118 cm³/mol. The number of hydrogen-bond donors (Lipinski definition) is 2. The first-order valence-corrected chi connectivity index (χ1v) is 11.1. The van der Waals surface area contributed by atoms with Crippen molar-refractivity contribution in [3.05, 3.63) is 74.8 Å². The maximum atomic E-state index is 13.4. The van der Waals surface area contributed by atoms with Crippen LogP contribution in [-0.2, 0) is 19.1 Å². The van der Waals surface area contributed by atoms with E-state index in [-0.39, 0.29) is 30.7 Å². The zero-order valence-electron chi connectivity index (χ0n) is 17.5. The summed E-state index contributed by atoms with van der Waals surface area (Å²) in [7, 11) is 1.54. The molecule has 2 N–H and O–H groups in total. The first kappa shape index (κ1) is 21.3. The molecule has 1 aliphatic carbocycles. The normalized spacial score (nSPS) is 21.0. The fourth-order valence-corrected chi connectivity index (χ4v) is 5.20. The van der Waals surface area contributed by atoms with Crippen LogP contribution in [0.2, 0.25) is 0 Å². The average molecular weight is 440 g/mol. The number of hydrogen-bond acceptors (Lipinski definition) is 7. The van der Waals surface area contributed by atoms with Crippen LogP contribution in [0.15, 0.2) is 64.3 Å². The van der Waals surface area contributed by atoms with E-state index in [0.29, 0.717) is 35.2 Å². The summed E-state index contributed by atoms with van der Waals surface area (Å²) in [6.45, 7) is 2.24. The number of ether oxygens (including phenoxy) is 2. The van der Waals surface area contributed by atoms with Crippen LogP contribution < -0.4 is 5.32 Å². The third kappa shape index (κ3) is 4.29. The highest BCUT2D eigenvalue weighted by atomic mass is 32.1. The van der Waals surface area contributed by atoms with Crippen LogP contribution in [0, 0.1) is 0 Å². The van der Waals surface area contributed by atoms with E-state index in [1.165, 1.54) is 12.0 Å². The van der Waals surface area contributed by atoms with Crippen LogP contribution in [0.4, 0.5) is 0 Å². The molecule has 1 aromatic heterocycles. The maximum absolute atomic E-state index is 13.4. The van der Waals surface area contributed by atoms with E-state index in [1.54, 1.807) is 29.5 Å². The number of phenols is 1. The van der Waals surface area contributed by atoms with Gasteiger partial charge in [-0.2, -0.15) is 0 Å². The van der Waals surface area contributed by atoms with Crippen molar-refractivity contribution >= 4 is 23.1 Å². The van der Waals surface area contributed by atoms with Crippen LogP contribution in [0.25, 0.3) is 0 Å². The molecule has 0 saturated carbocycles. The number of aromatic hydroxyl groups is 1. The third-order valence-electron chi connectivity index (χ3n) is 5.72. The SMILES string of the molecule is COCCOC(=O)C1=C(C)NC2=C(C(=O)C[C@@H](c3cccs3)C2)[C@H]1c1cccc(O)c1. The van der Waals surface area contributed by atoms with Gasteiger partial charge in [0.15, 0.2) is 5.78 Å². The molecule has 0 spiro atoms. The number of carbonyl (C=O) groups excluding carboxylic acids is 2. The van der Waals surface area contributed by atoms with E-state index in [1.807, 2.05) is 24.4 Å². The molecule has 0 amide bonds. The molecule has 2 aromatic rings. The highest BCUT2D eigenvalue weighted by Crippen LogP contribution is 2.46. The average Bonchev–Trinajstić information content (AvgIpc) is 3.27. The second kappa shape index (κ2) is 9.08. The number of benzene rings is 1. The van der Waals surface area contributed by atoms with Crippen molar-refractivity contribution < 1.29 is 24.2 Å². The predicted octanol–water partition coefficient (Wildman–Crippen LogP) is 4.00. The Morgan fingerprint density at radius 2 is 2.06 bits per heavy atom. The van der Waals surface area contributed by atoms with E-state index < -0.39 is 11.9 Å². The summed E-state index contributed by atoms with van der Waals surface area (Å²) in [6.07, 6.45) is 1.08. The van der Waals surface area contributed by atoms with Gasteiger partial charge in [0, 0.05) is 47.2 Å². The molecular weight excluding hydrogens is 414 g/mol. The molecule has 0 bridgehead atoms. The van der Waals surface area contributed by atoms with Crippen molar-refractivity contribution in [3.8, 4) is 5.75 Å². The summed E-state index contributed by atoms with van der Waals surface area (Å²) in [5, 5.41) is 15.4. The van der Waals surface area contributed by atoms with E-state index >= 15 is 0 Å². The van der Waals surface area contributed by atoms with E-state index in [4.69, 9.17) is 9.47 Å². The minimum Gasteiger partial charge on any atom is -0.508 e. The molecule has 0 radical (unpaired) electrons. The van der Waals surface area contributed by atoms with E-state index in [9.17, 15) is 14.7 Å². The van der Waals surface area contributed by atoms with Crippen LogP contribution in [0.5, 0.6) is 5.75 Å². The van der Waals surface area contributed by atoms with Gasteiger partial charge in [-0.15, -0.1) is 11.3 Å². The van der Waals surface area contributed by atoms with Crippen molar-refractivity contribution in [1.29, 1.82) is 0 Å². The Morgan fingerprint density at radius 3 is 2.77 bits per heavy atom. The molecule has 0 saturated heterocycles. The number of phenolic OH excluding ortho intramolecular Hbond substituents is 1. The second-order valence-corrected chi connectivity index (χ2v) is 8.74. The van der Waals surface area contributed by atoms with Crippen molar-refractivity contribution in [3.63, 3.8) is 0 Å². The fraction of sp³-hybridized carbons (Fsp3) is 0.333. The summed E-state index contributed by atoms with van der Waals surface area (Å²) < 4.78 is 10.4. The monoisotopic (exact) mass is 439 g/mol. The van der Waals surface area contributed by atoms with Gasteiger partial charge in [-0.05, 0) is 42.5 Å². The molecule has 0 unspecified atom stereocenters. The minimum absolute atomic E-state index is 0.00943. The van der Waals surface area contributed by atoms with Gasteiger partial charge < -0.3 is 19.9 Å². The highest BCUT2D eigenvalue weighted by molar-refractivity contribution is 7.10. The summed E-state index contributed by atoms with van der Waals surface area (Å²) in [5.41, 5.74) is 3.17. The molecule has 4 rings (SSSR count). The van der Waals surface area contributed by atoms with Gasteiger partial charge in [-0.25, -0.2) is 4.79 Å². The fourth-order valence-electron chi connectivity index (χ4n) is 4.37. The van der Waals surface area contributed by atoms with Crippen LogP contribution in [-0.4, -0.2) is 37.2 Å². The molecular formula is C24H25NO5S. The lowest BCUT2D eigenvalue weighted by molar-refractivity contribution is -0.140. The number of esters is 1. The van der Waals surface area contributed by atoms with Gasteiger partial charge in [0.2, 0.25) is 0 Å². The van der Waals surface area contributed by atoms with Gasteiger partial charge in [0.1, 0.15) is 12.4 Å².